The molecule has 0 bridgehead atoms. The number of nitrogens with zero attached hydrogens (tertiary/aromatic N) is 2. The number of anilines is 1. The number of carbonyl (C=O) groups is 1. The summed E-state index contributed by atoms with van der Waals surface area (Å²) in [5.74, 6) is -0.778. The standard InChI is InChI=1S/C8H7N3O2S/c1-3-4-2-10-8(9)11-6(4)14-5(3)7(12)13/h2H,1H3,(H,12,13)(H2,9,10,11). The Morgan fingerprint density at radius 1 is 1.64 bits per heavy atom. The molecular formula is C8H7N3O2S. The van der Waals surface area contributed by atoms with Crippen LogP contribution in [-0.2, 0) is 0 Å². The lowest BCUT2D eigenvalue weighted by molar-refractivity contribution is 0.0701. The fourth-order valence-electron chi connectivity index (χ4n) is 1.21. The molecule has 0 spiro atoms. The van der Waals surface area contributed by atoms with Crippen LogP contribution < -0.4 is 5.73 Å². The van der Waals surface area contributed by atoms with Crippen molar-refractivity contribution >= 4 is 33.5 Å². The van der Waals surface area contributed by atoms with Gasteiger partial charge in [-0.3, -0.25) is 0 Å². The Balaban J connectivity index is 2.79. The van der Waals surface area contributed by atoms with E-state index in [4.69, 9.17) is 10.8 Å². The second kappa shape index (κ2) is 2.91. The fraction of sp³-hybridized carbons (Fsp3) is 0.125. The maximum atomic E-state index is 10.8. The number of aromatic nitrogens is 2. The number of hydrogen-bond acceptors (Lipinski definition) is 5. The van der Waals surface area contributed by atoms with Gasteiger partial charge in [-0.05, 0) is 12.5 Å². The number of thiophene rings is 1. The lowest BCUT2D eigenvalue weighted by Crippen LogP contribution is -1.94. The molecule has 2 heterocycles. The van der Waals surface area contributed by atoms with Crippen LogP contribution in [0.2, 0.25) is 0 Å². The molecule has 2 rings (SSSR count). The molecule has 2 aromatic heterocycles. The van der Waals surface area contributed by atoms with Crippen molar-refractivity contribution in [2.75, 3.05) is 5.73 Å². The Hall–Kier alpha value is -1.69. The second-order valence-corrected chi connectivity index (χ2v) is 3.81. The minimum absolute atomic E-state index is 0.163. The highest BCUT2D eigenvalue weighted by Crippen LogP contribution is 2.28. The van der Waals surface area contributed by atoms with Crippen LogP contribution in [0.15, 0.2) is 6.20 Å². The van der Waals surface area contributed by atoms with Crippen LogP contribution in [0.1, 0.15) is 15.2 Å². The molecule has 0 unspecified atom stereocenters. The Bertz CT molecular complexity index is 521. The average molecular weight is 209 g/mol. The molecule has 0 atom stereocenters. The van der Waals surface area contributed by atoms with Crippen LogP contribution in [0.4, 0.5) is 5.95 Å². The molecule has 6 heteroatoms. The van der Waals surface area contributed by atoms with Crippen LogP contribution >= 0.6 is 11.3 Å². The molecule has 72 valence electrons. The van der Waals surface area contributed by atoms with Crippen molar-refractivity contribution in [3.63, 3.8) is 0 Å². The molecule has 2 aromatic rings. The molecule has 3 N–H and O–H groups in total. The molecule has 5 nitrogen and oxygen atoms in total. The van der Waals surface area contributed by atoms with Gasteiger partial charge in [-0.25, -0.2) is 14.8 Å². The Morgan fingerprint density at radius 2 is 2.36 bits per heavy atom. The largest absolute Gasteiger partial charge is 0.477 e. The van der Waals surface area contributed by atoms with E-state index in [-0.39, 0.29) is 5.95 Å². The molecule has 0 aromatic carbocycles. The van der Waals surface area contributed by atoms with E-state index in [1.54, 1.807) is 13.1 Å². The number of nitrogen functional groups attached to an aromatic ring is 1. The summed E-state index contributed by atoms with van der Waals surface area (Å²) in [7, 11) is 0. The Labute approximate surface area is 83.2 Å². The predicted molar refractivity (Wildman–Crippen MR) is 53.5 cm³/mol. The van der Waals surface area contributed by atoms with Crippen molar-refractivity contribution in [2.45, 2.75) is 6.92 Å². The molecule has 0 saturated carbocycles. The van der Waals surface area contributed by atoms with Gasteiger partial charge in [-0.15, -0.1) is 11.3 Å². The topological polar surface area (TPSA) is 89.1 Å². The van der Waals surface area contributed by atoms with Crippen LogP contribution in [0.5, 0.6) is 0 Å². The third kappa shape index (κ3) is 1.20. The van der Waals surface area contributed by atoms with Crippen LogP contribution in [0.3, 0.4) is 0 Å². The first-order valence-corrected chi connectivity index (χ1v) is 4.66. The summed E-state index contributed by atoms with van der Waals surface area (Å²) in [6.45, 7) is 1.74. The summed E-state index contributed by atoms with van der Waals surface area (Å²) in [5.41, 5.74) is 6.09. The number of rotatable bonds is 1. The number of hydrogen-bond donors (Lipinski definition) is 2. The van der Waals surface area contributed by atoms with Gasteiger partial charge in [0, 0.05) is 11.6 Å². The predicted octanol–water partition coefficient (Wildman–Crippen LogP) is 1.28. The van der Waals surface area contributed by atoms with Crippen LogP contribution in [0, 0.1) is 6.92 Å². The number of fused-ring (bicyclic) bond motifs is 1. The number of nitrogens with two attached hydrogens (primary N) is 1. The molecule has 0 aliphatic carbocycles. The Kier molecular flexibility index (Phi) is 1.85. The fourth-order valence-corrected chi connectivity index (χ4v) is 2.21. The van der Waals surface area contributed by atoms with Crippen LogP contribution in [-0.4, -0.2) is 21.0 Å². The number of aryl methyl sites for hydroxylation is 1. The Morgan fingerprint density at radius 3 is 3.00 bits per heavy atom. The minimum Gasteiger partial charge on any atom is -0.477 e. The van der Waals surface area contributed by atoms with E-state index >= 15 is 0 Å². The number of carboxylic acids is 1. The quantitative estimate of drug-likeness (QED) is 0.738. The lowest BCUT2D eigenvalue weighted by atomic mass is 10.2. The third-order valence-electron chi connectivity index (χ3n) is 1.91. The summed E-state index contributed by atoms with van der Waals surface area (Å²) in [4.78, 5) is 19.5. The normalized spacial score (nSPS) is 10.6. The van der Waals surface area contributed by atoms with Gasteiger partial charge in [0.05, 0.1) is 0 Å². The van der Waals surface area contributed by atoms with Crippen molar-refractivity contribution in [1.29, 1.82) is 0 Å². The highest BCUT2D eigenvalue weighted by Gasteiger charge is 2.15. The SMILES string of the molecule is Cc1c(C(=O)O)sc2nc(N)ncc12. The van der Waals surface area contributed by atoms with Crippen molar-refractivity contribution < 1.29 is 9.90 Å². The zero-order valence-corrected chi connectivity index (χ0v) is 8.13. The molecular weight excluding hydrogens is 202 g/mol. The molecule has 14 heavy (non-hydrogen) atoms. The maximum Gasteiger partial charge on any atom is 0.346 e. The highest BCUT2D eigenvalue weighted by molar-refractivity contribution is 7.20. The number of aromatic carboxylic acids is 1. The third-order valence-corrected chi connectivity index (χ3v) is 3.10. The molecule has 0 radical (unpaired) electrons. The molecule has 0 aliphatic heterocycles. The maximum absolute atomic E-state index is 10.8. The van der Waals surface area contributed by atoms with E-state index in [1.807, 2.05) is 0 Å². The van der Waals surface area contributed by atoms with E-state index in [0.29, 0.717) is 15.3 Å². The highest BCUT2D eigenvalue weighted by atomic mass is 32.1. The number of carboxylic acid groups (broad SMARTS) is 1. The molecule has 0 saturated heterocycles. The summed E-state index contributed by atoms with van der Waals surface area (Å²) >= 11 is 1.12. The van der Waals surface area contributed by atoms with E-state index in [2.05, 4.69) is 9.97 Å². The summed E-state index contributed by atoms with van der Waals surface area (Å²) in [6.07, 6.45) is 1.55. The lowest BCUT2D eigenvalue weighted by Gasteiger charge is -1.91. The zero-order valence-electron chi connectivity index (χ0n) is 7.31. The first kappa shape index (κ1) is 8.89. The van der Waals surface area contributed by atoms with Crippen molar-refractivity contribution in [1.82, 2.24) is 9.97 Å². The monoisotopic (exact) mass is 209 g/mol. The van der Waals surface area contributed by atoms with Crippen molar-refractivity contribution in [3.05, 3.63) is 16.6 Å². The average Bonchev–Trinajstić information content (AvgIpc) is 2.43. The summed E-state index contributed by atoms with van der Waals surface area (Å²) in [5, 5.41) is 9.62. The minimum atomic E-state index is -0.941. The summed E-state index contributed by atoms with van der Waals surface area (Å²) < 4.78 is 0. The molecule has 0 amide bonds. The zero-order chi connectivity index (χ0) is 10.3. The molecule has 0 aliphatic rings. The molecule has 0 fully saturated rings. The van der Waals surface area contributed by atoms with Gasteiger partial charge in [0.25, 0.3) is 0 Å². The smallest absolute Gasteiger partial charge is 0.346 e. The van der Waals surface area contributed by atoms with E-state index < -0.39 is 5.97 Å². The van der Waals surface area contributed by atoms with E-state index in [9.17, 15) is 4.79 Å². The second-order valence-electron chi connectivity index (χ2n) is 2.81. The van der Waals surface area contributed by atoms with Gasteiger partial charge in [0.2, 0.25) is 5.95 Å². The van der Waals surface area contributed by atoms with Gasteiger partial charge in [-0.2, -0.15) is 0 Å². The first-order valence-electron chi connectivity index (χ1n) is 3.84. The summed E-state index contributed by atoms with van der Waals surface area (Å²) in [6, 6.07) is 0. The van der Waals surface area contributed by atoms with E-state index in [1.165, 1.54) is 0 Å². The van der Waals surface area contributed by atoms with Crippen molar-refractivity contribution in [3.8, 4) is 0 Å². The van der Waals surface area contributed by atoms with Gasteiger partial charge in [0.1, 0.15) is 9.71 Å². The van der Waals surface area contributed by atoms with Gasteiger partial charge in [0.15, 0.2) is 0 Å². The van der Waals surface area contributed by atoms with Crippen molar-refractivity contribution in [2.24, 2.45) is 0 Å². The van der Waals surface area contributed by atoms with Gasteiger partial charge < -0.3 is 10.8 Å². The van der Waals surface area contributed by atoms with E-state index in [0.717, 1.165) is 16.7 Å². The van der Waals surface area contributed by atoms with Gasteiger partial charge >= 0.3 is 5.97 Å². The van der Waals surface area contributed by atoms with Crippen LogP contribution in [0.25, 0.3) is 10.2 Å². The van der Waals surface area contributed by atoms with Gasteiger partial charge in [-0.1, -0.05) is 0 Å². The first-order chi connectivity index (χ1) is 6.59.